The van der Waals surface area contributed by atoms with Gasteiger partial charge in [-0.1, -0.05) is 29.8 Å². The molecule has 0 bridgehead atoms. The molecule has 4 nitrogen and oxygen atoms in total. The van der Waals surface area contributed by atoms with Crippen molar-refractivity contribution in [3.8, 4) is 0 Å². The second-order valence-corrected chi connectivity index (χ2v) is 6.93. The Labute approximate surface area is 129 Å². The average molecular weight is 323 g/mol. The molecule has 2 N–H and O–H groups in total. The maximum absolute atomic E-state index is 12.9. The Morgan fingerprint density at radius 1 is 1.05 bits per heavy atom. The third-order valence-corrected chi connectivity index (χ3v) is 4.93. The molecule has 0 fully saturated rings. The molecule has 0 saturated carbocycles. The van der Waals surface area contributed by atoms with Gasteiger partial charge in [0, 0.05) is 6.04 Å². The lowest BCUT2D eigenvalue weighted by molar-refractivity contribution is 0.146. The summed E-state index contributed by atoms with van der Waals surface area (Å²) in [7, 11) is -3.72. The quantitative estimate of drug-likeness (QED) is 0.888. The van der Waals surface area contributed by atoms with E-state index in [4.69, 9.17) is 0 Å². The fourth-order valence-corrected chi connectivity index (χ4v) is 3.29. The SMILES string of the molecule is Cc1ccc(S(=O)(=O)NC(C)C(O)c2ccc(F)cc2)cc1. The molecule has 0 heterocycles. The maximum Gasteiger partial charge on any atom is 0.240 e. The first-order valence-corrected chi connectivity index (χ1v) is 8.30. The Morgan fingerprint density at radius 3 is 2.14 bits per heavy atom. The molecule has 2 unspecified atom stereocenters. The van der Waals surface area contributed by atoms with Gasteiger partial charge in [0.25, 0.3) is 0 Å². The summed E-state index contributed by atoms with van der Waals surface area (Å²) in [4.78, 5) is 0.135. The van der Waals surface area contributed by atoms with Crippen molar-refractivity contribution in [1.29, 1.82) is 0 Å². The van der Waals surface area contributed by atoms with Crippen LogP contribution >= 0.6 is 0 Å². The van der Waals surface area contributed by atoms with Gasteiger partial charge in [-0.15, -0.1) is 0 Å². The van der Waals surface area contributed by atoms with E-state index in [2.05, 4.69) is 4.72 Å². The van der Waals surface area contributed by atoms with Crippen LogP contribution in [0, 0.1) is 12.7 Å². The molecule has 6 heteroatoms. The fraction of sp³-hybridized carbons (Fsp3) is 0.250. The van der Waals surface area contributed by atoms with Gasteiger partial charge in [-0.05, 0) is 43.7 Å². The smallest absolute Gasteiger partial charge is 0.240 e. The molecule has 2 aromatic carbocycles. The normalized spacial score (nSPS) is 14.5. The highest BCUT2D eigenvalue weighted by Gasteiger charge is 2.23. The van der Waals surface area contributed by atoms with E-state index >= 15 is 0 Å². The number of halogens is 1. The number of aryl methyl sites for hydroxylation is 1. The Balaban J connectivity index is 2.14. The van der Waals surface area contributed by atoms with E-state index in [1.165, 1.54) is 36.4 Å². The monoisotopic (exact) mass is 323 g/mol. The Kier molecular flexibility index (Phi) is 4.95. The van der Waals surface area contributed by atoms with Crippen LogP contribution in [0.2, 0.25) is 0 Å². The molecule has 0 spiro atoms. The molecule has 0 aromatic heterocycles. The number of benzene rings is 2. The van der Waals surface area contributed by atoms with Gasteiger partial charge < -0.3 is 5.11 Å². The van der Waals surface area contributed by atoms with Gasteiger partial charge in [-0.2, -0.15) is 0 Å². The van der Waals surface area contributed by atoms with E-state index < -0.39 is 28.0 Å². The minimum Gasteiger partial charge on any atom is -0.387 e. The molecule has 0 aliphatic rings. The van der Waals surface area contributed by atoms with Crippen molar-refractivity contribution < 1.29 is 17.9 Å². The molecule has 0 amide bonds. The summed E-state index contributed by atoms with van der Waals surface area (Å²) in [5.41, 5.74) is 1.40. The lowest BCUT2D eigenvalue weighted by Gasteiger charge is -2.20. The summed E-state index contributed by atoms with van der Waals surface area (Å²) in [5.74, 6) is -0.413. The molecular formula is C16H18FNO3S. The van der Waals surface area contributed by atoms with Gasteiger partial charge in [0.05, 0.1) is 11.0 Å². The van der Waals surface area contributed by atoms with Crippen LogP contribution in [0.3, 0.4) is 0 Å². The van der Waals surface area contributed by atoms with E-state index in [-0.39, 0.29) is 4.90 Å². The zero-order chi connectivity index (χ0) is 16.3. The first-order chi connectivity index (χ1) is 10.3. The van der Waals surface area contributed by atoms with Crippen LogP contribution in [-0.4, -0.2) is 19.6 Å². The van der Waals surface area contributed by atoms with E-state index in [1.807, 2.05) is 6.92 Å². The summed E-state index contributed by atoms with van der Waals surface area (Å²) < 4.78 is 39.8. The number of sulfonamides is 1. The lowest BCUT2D eigenvalue weighted by atomic mass is 10.0. The maximum atomic E-state index is 12.9. The molecule has 0 aliphatic heterocycles. The Hall–Kier alpha value is -1.76. The molecule has 0 aliphatic carbocycles. The molecule has 2 atom stereocenters. The third kappa shape index (κ3) is 3.91. The summed E-state index contributed by atoms with van der Waals surface area (Å²) in [6.07, 6.45) is -1.07. The van der Waals surface area contributed by atoms with Crippen molar-refractivity contribution in [2.75, 3.05) is 0 Å². The van der Waals surface area contributed by atoms with E-state index in [0.29, 0.717) is 5.56 Å². The fourth-order valence-electron chi connectivity index (χ4n) is 2.04. The highest BCUT2D eigenvalue weighted by Crippen LogP contribution is 2.19. The largest absolute Gasteiger partial charge is 0.387 e. The van der Waals surface area contributed by atoms with Gasteiger partial charge in [-0.25, -0.2) is 17.5 Å². The zero-order valence-corrected chi connectivity index (χ0v) is 13.1. The Morgan fingerprint density at radius 2 is 1.59 bits per heavy atom. The van der Waals surface area contributed by atoms with Crippen LogP contribution in [0.25, 0.3) is 0 Å². The van der Waals surface area contributed by atoms with Crippen LogP contribution in [0.5, 0.6) is 0 Å². The molecule has 0 radical (unpaired) electrons. The van der Waals surface area contributed by atoms with Gasteiger partial charge >= 0.3 is 0 Å². The second-order valence-electron chi connectivity index (χ2n) is 5.22. The predicted molar refractivity (Wildman–Crippen MR) is 82.3 cm³/mol. The Bertz CT molecular complexity index is 727. The number of nitrogens with one attached hydrogen (secondary N) is 1. The second kappa shape index (κ2) is 6.56. The van der Waals surface area contributed by atoms with Gasteiger partial charge in [-0.3, -0.25) is 0 Å². The van der Waals surface area contributed by atoms with Crippen molar-refractivity contribution in [2.24, 2.45) is 0 Å². The van der Waals surface area contributed by atoms with Crippen LogP contribution in [0.4, 0.5) is 4.39 Å². The average Bonchev–Trinajstić information content (AvgIpc) is 2.47. The van der Waals surface area contributed by atoms with Gasteiger partial charge in [0.1, 0.15) is 5.82 Å². The topological polar surface area (TPSA) is 66.4 Å². The van der Waals surface area contributed by atoms with Crippen molar-refractivity contribution >= 4 is 10.0 Å². The molecular weight excluding hydrogens is 305 g/mol. The number of hydrogen-bond acceptors (Lipinski definition) is 3. The van der Waals surface area contributed by atoms with Crippen molar-refractivity contribution in [2.45, 2.75) is 30.9 Å². The number of aliphatic hydroxyl groups is 1. The number of hydrogen-bond donors (Lipinski definition) is 2. The van der Waals surface area contributed by atoms with Crippen molar-refractivity contribution in [1.82, 2.24) is 4.72 Å². The molecule has 118 valence electrons. The van der Waals surface area contributed by atoms with Crippen LogP contribution in [-0.2, 0) is 10.0 Å². The van der Waals surface area contributed by atoms with Gasteiger partial charge in [0.2, 0.25) is 10.0 Å². The van der Waals surface area contributed by atoms with E-state index in [9.17, 15) is 17.9 Å². The zero-order valence-electron chi connectivity index (χ0n) is 12.3. The first-order valence-electron chi connectivity index (χ1n) is 6.82. The molecule has 22 heavy (non-hydrogen) atoms. The predicted octanol–water partition coefficient (Wildman–Crippen LogP) is 2.53. The third-order valence-electron chi connectivity index (χ3n) is 3.36. The molecule has 2 rings (SSSR count). The molecule has 0 saturated heterocycles. The molecule has 2 aromatic rings. The number of aliphatic hydroxyl groups excluding tert-OH is 1. The highest BCUT2D eigenvalue weighted by atomic mass is 32.2. The standard InChI is InChI=1S/C16H18FNO3S/c1-11-3-9-15(10-4-11)22(20,21)18-12(2)16(19)13-5-7-14(17)8-6-13/h3-10,12,16,18-19H,1-2H3. The summed E-state index contributed by atoms with van der Waals surface area (Å²) >= 11 is 0. The van der Waals surface area contributed by atoms with Crippen molar-refractivity contribution in [3.05, 3.63) is 65.5 Å². The van der Waals surface area contributed by atoms with Gasteiger partial charge in [0.15, 0.2) is 0 Å². The highest BCUT2D eigenvalue weighted by molar-refractivity contribution is 7.89. The summed E-state index contributed by atoms with van der Waals surface area (Å²) in [6.45, 7) is 3.42. The number of rotatable bonds is 5. The van der Waals surface area contributed by atoms with Crippen molar-refractivity contribution in [3.63, 3.8) is 0 Å². The summed E-state index contributed by atoms with van der Waals surface area (Å²) in [5, 5.41) is 10.2. The lowest BCUT2D eigenvalue weighted by Crippen LogP contribution is -2.37. The minimum absolute atomic E-state index is 0.135. The van der Waals surface area contributed by atoms with E-state index in [1.54, 1.807) is 19.1 Å². The van der Waals surface area contributed by atoms with Crippen LogP contribution in [0.15, 0.2) is 53.4 Å². The van der Waals surface area contributed by atoms with Crippen LogP contribution in [0.1, 0.15) is 24.2 Å². The minimum atomic E-state index is -3.72. The van der Waals surface area contributed by atoms with Crippen LogP contribution < -0.4 is 4.72 Å². The van der Waals surface area contributed by atoms with E-state index in [0.717, 1.165) is 5.56 Å². The summed E-state index contributed by atoms with van der Waals surface area (Å²) in [6, 6.07) is 11.0. The first kappa shape index (κ1) is 16.6.